The molecule has 0 radical (unpaired) electrons. The Labute approximate surface area is 88.7 Å². The summed E-state index contributed by atoms with van der Waals surface area (Å²) in [5.41, 5.74) is 1.84. The summed E-state index contributed by atoms with van der Waals surface area (Å²) in [4.78, 5) is 16.2. The van der Waals surface area contributed by atoms with Gasteiger partial charge in [-0.2, -0.15) is 0 Å². The van der Waals surface area contributed by atoms with Gasteiger partial charge in [0.05, 0.1) is 15.6 Å². The van der Waals surface area contributed by atoms with Crippen molar-refractivity contribution in [1.29, 1.82) is 0 Å². The first-order valence-electron chi connectivity index (χ1n) is 4.65. The van der Waals surface area contributed by atoms with Crippen LogP contribution in [-0.4, -0.2) is 11.3 Å². The minimum atomic E-state index is 0.273. The van der Waals surface area contributed by atoms with Crippen molar-refractivity contribution in [1.82, 2.24) is 4.98 Å². The lowest BCUT2D eigenvalue weighted by Crippen LogP contribution is -1.94. The number of carbonyl (C=O) groups excluding carboxylic acids is 1. The van der Waals surface area contributed by atoms with Gasteiger partial charge in [0, 0.05) is 0 Å². The van der Waals surface area contributed by atoms with E-state index in [1.807, 2.05) is 33.8 Å². The normalized spacial score (nSPS) is 12.2. The summed E-state index contributed by atoms with van der Waals surface area (Å²) in [5, 5.41) is 1.04. The molecule has 0 unspecified atom stereocenters. The molecular weight excluding hydrogens is 194 g/mol. The van der Waals surface area contributed by atoms with Crippen LogP contribution in [0.1, 0.15) is 29.4 Å². The van der Waals surface area contributed by atoms with Gasteiger partial charge in [0.1, 0.15) is 6.29 Å². The van der Waals surface area contributed by atoms with Gasteiger partial charge in [0.2, 0.25) is 0 Å². The number of thiazole rings is 1. The number of nitrogens with zero attached hydrogens (tertiary/aromatic N) is 1. The Kier molecular flexibility index (Phi) is 3.58. The van der Waals surface area contributed by atoms with Crippen LogP contribution in [0, 0.1) is 19.8 Å². The fraction of sp³-hybridized carbons (Fsp3) is 0.455. The van der Waals surface area contributed by atoms with Crippen molar-refractivity contribution in [3.05, 3.63) is 21.2 Å². The predicted molar refractivity (Wildman–Crippen MR) is 60.5 cm³/mol. The zero-order valence-electron chi connectivity index (χ0n) is 9.00. The van der Waals surface area contributed by atoms with E-state index in [-0.39, 0.29) is 5.92 Å². The average molecular weight is 209 g/mol. The van der Waals surface area contributed by atoms with E-state index in [0.717, 1.165) is 27.4 Å². The second-order valence-electron chi connectivity index (χ2n) is 3.60. The van der Waals surface area contributed by atoms with E-state index in [4.69, 9.17) is 0 Å². The molecule has 1 rings (SSSR count). The number of hydrogen-bond donors (Lipinski definition) is 0. The topological polar surface area (TPSA) is 30.0 Å². The summed E-state index contributed by atoms with van der Waals surface area (Å²) in [6, 6.07) is 0. The van der Waals surface area contributed by atoms with E-state index in [9.17, 15) is 4.79 Å². The molecule has 0 aliphatic heterocycles. The Morgan fingerprint density at radius 2 is 2.07 bits per heavy atom. The first-order valence-corrected chi connectivity index (χ1v) is 5.47. The molecule has 14 heavy (non-hydrogen) atoms. The molecule has 1 aromatic heterocycles. The molecule has 0 spiro atoms. The first kappa shape index (κ1) is 11.1. The highest BCUT2D eigenvalue weighted by atomic mass is 32.1. The van der Waals surface area contributed by atoms with Crippen LogP contribution in [0.25, 0.3) is 6.08 Å². The maximum absolute atomic E-state index is 10.8. The summed E-state index contributed by atoms with van der Waals surface area (Å²) in [6.07, 6.45) is 2.87. The van der Waals surface area contributed by atoms with Crippen LogP contribution in [0.5, 0.6) is 0 Å². The lowest BCUT2D eigenvalue weighted by atomic mass is 10.0. The third-order valence-corrected chi connectivity index (χ3v) is 3.06. The molecule has 0 saturated carbocycles. The number of allylic oxidation sites excluding steroid dienone is 1. The molecule has 0 bridgehead atoms. The van der Waals surface area contributed by atoms with E-state index in [0.29, 0.717) is 0 Å². The quantitative estimate of drug-likeness (QED) is 0.566. The van der Waals surface area contributed by atoms with Crippen LogP contribution in [0.15, 0.2) is 5.57 Å². The summed E-state index contributed by atoms with van der Waals surface area (Å²) in [6.45, 7) is 7.98. The summed E-state index contributed by atoms with van der Waals surface area (Å²) in [7, 11) is 0. The molecule has 0 aliphatic rings. The van der Waals surface area contributed by atoms with Gasteiger partial charge in [-0.05, 0) is 31.4 Å². The van der Waals surface area contributed by atoms with Crippen LogP contribution in [0.4, 0.5) is 0 Å². The maximum atomic E-state index is 10.8. The molecule has 0 amide bonds. The molecule has 2 nitrogen and oxygen atoms in total. The van der Waals surface area contributed by atoms with Gasteiger partial charge in [-0.25, -0.2) is 4.98 Å². The van der Waals surface area contributed by atoms with Crippen molar-refractivity contribution in [2.45, 2.75) is 27.7 Å². The molecule has 0 aliphatic carbocycles. The fourth-order valence-corrected chi connectivity index (χ4v) is 2.06. The van der Waals surface area contributed by atoms with Crippen LogP contribution >= 0.6 is 11.3 Å². The van der Waals surface area contributed by atoms with Gasteiger partial charge in [0.15, 0.2) is 0 Å². The summed E-state index contributed by atoms with van der Waals surface area (Å²) < 4.78 is 0. The lowest BCUT2D eigenvalue weighted by Gasteiger charge is -2.01. The Hall–Kier alpha value is -0.960. The Bertz CT molecular complexity index is 363. The van der Waals surface area contributed by atoms with Crippen LogP contribution in [0.3, 0.4) is 0 Å². The molecule has 0 atom stereocenters. The Morgan fingerprint density at radius 3 is 2.43 bits per heavy atom. The lowest BCUT2D eigenvalue weighted by molar-refractivity contribution is -0.105. The minimum Gasteiger partial charge on any atom is -0.298 e. The molecule has 0 fully saturated rings. The van der Waals surface area contributed by atoms with Crippen molar-refractivity contribution in [2.24, 2.45) is 5.92 Å². The molecule has 0 aromatic carbocycles. The second kappa shape index (κ2) is 4.51. The van der Waals surface area contributed by atoms with E-state index >= 15 is 0 Å². The summed E-state index contributed by atoms with van der Waals surface area (Å²) in [5.74, 6) is 0.273. The molecule has 3 heteroatoms. The molecule has 0 N–H and O–H groups in total. The minimum absolute atomic E-state index is 0.273. The number of rotatable bonds is 3. The molecular formula is C11H15NOS. The van der Waals surface area contributed by atoms with Gasteiger partial charge < -0.3 is 0 Å². The van der Waals surface area contributed by atoms with E-state index in [1.165, 1.54) is 0 Å². The van der Waals surface area contributed by atoms with Crippen molar-refractivity contribution in [3.63, 3.8) is 0 Å². The van der Waals surface area contributed by atoms with Crippen molar-refractivity contribution < 1.29 is 4.79 Å². The zero-order valence-corrected chi connectivity index (χ0v) is 9.81. The second-order valence-corrected chi connectivity index (χ2v) is 4.83. The zero-order chi connectivity index (χ0) is 10.7. The van der Waals surface area contributed by atoms with Crippen LogP contribution in [-0.2, 0) is 4.79 Å². The van der Waals surface area contributed by atoms with Gasteiger partial charge in [-0.3, -0.25) is 4.79 Å². The summed E-state index contributed by atoms with van der Waals surface area (Å²) >= 11 is 1.63. The molecule has 1 aromatic rings. The smallest absolute Gasteiger partial charge is 0.146 e. The number of hydrogen-bond acceptors (Lipinski definition) is 3. The van der Waals surface area contributed by atoms with Gasteiger partial charge in [-0.15, -0.1) is 11.3 Å². The number of aryl methyl sites for hydroxylation is 2. The third-order valence-electron chi connectivity index (χ3n) is 2.04. The third kappa shape index (κ3) is 2.51. The number of carbonyl (C=O) groups is 1. The van der Waals surface area contributed by atoms with Crippen molar-refractivity contribution in [3.8, 4) is 0 Å². The highest BCUT2D eigenvalue weighted by Crippen LogP contribution is 2.21. The average Bonchev–Trinajstić information content (AvgIpc) is 2.40. The van der Waals surface area contributed by atoms with Gasteiger partial charge in [0.25, 0.3) is 0 Å². The van der Waals surface area contributed by atoms with Crippen molar-refractivity contribution in [2.75, 3.05) is 0 Å². The van der Waals surface area contributed by atoms with E-state index < -0.39 is 0 Å². The van der Waals surface area contributed by atoms with Crippen molar-refractivity contribution >= 4 is 23.7 Å². The number of aromatic nitrogens is 1. The highest BCUT2D eigenvalue weighted by molar-refractivity contribution is 7.12. The Balaban J connectivity index is 3.05. The monoisotopic (exact) mass is 209 g/mol. The first-order chi connectivity index (χ1) is 6.54. The highest BCUT2D eigenvalue weighted by Gasteiger charge is 2.06. The largest absolute Gasteiger partial charge is 0.298 e. The van der Waals surface area contributed by atoms with Gasteiger partial charge >= 0.3 is 0 Å². The van der Waals surface area contributed by atoms with E-state index in [1.54, 1.807) is 11.3 Å². The maximum Gasteiger partial charge on any atom is 0.146 e. The molecule has 0 saturated heterocycles. The molecule has 1 heterocycles. The predicted octanol–water partition coefficient (Wildman–Crippen LogP) is 3.00. The van der Waals surface area contributed by atoms with Crippen LogP contribution < -0.4 is 0 Å². The number of aldehydes is 1. The Morgan fingerprint density at radius 1 is 1.43 bits per heavy atom. The molecule has 76 valence electrons. The van der Waals surface area contributed by atoms with Crippen LogP contribution in [0.2, 0.25) is 0 Å². The fourth-order valence-electron chi connectivity index (χ4n) is 1.17. The SMILES string of the molecule is Cc1nc(C)c(C=C(C=O)C(C)C)s1. The van der Waals surface area contributed by atoms with E-state index in [2.05, 4.69) is 4.98 Å². The van der Waals surface area contributed by atoms with Gasteiger partial charge in [-0.1, -0.05) is 13.8 Å². The standard InChI is InChI=1S/C11H15NOS/c1-7(2)10(6-13)5-11-8(3)12-9(4)14-11/h5-7H,1-4H3.